The molecule has 0 aliphatic heterocycles. The van der Waals surface area contributed by atoms with Gasteiger partial charge in [-0.05, 0) is 44.7 Å². The van der Waals surface area contributed by atoms with Crippen LogP contribution in [0.5, 0.6) is 0 Å². The maximum Gasteiger partial charge on any atom is 0.307 e. The number of rotatable bonds is 6. The number of esters is 1. The van der Waals surface area contributed by atoms with Crippen LogP contribution < -0.4 is 4.72 Å². The first-order valence-corrected chi connectivity index (χ1v) is 7.78. The molecular weight excluding hydrogens is 286 g/mol. The number of hydrogen-bond acceptors (Lipinski definition) is 3. The summed E-state index contributed by atoms with van der Waals surface area (Å²) in [7, 11) is -0.0340. The van der Waals surface area contributed by atoms with Crippen LogP contribution in [0, 0.1) is 38.5 Å². The van der Waals surface area contributed by atoms with Crippen LogP contribution in [0.4, 0.5) is 0 Å². The fraction of sp³-hybridized carbons (Fsp3) is 0.250. The summed E-state index contributed by atoms with van der Waals surface area (Å²) in [6, 6.07) is 7.12. The van der Waals surface area contributed by atoms with E-state index < -0.39 is 11.0 Å². The summed E-state index contributed by atoms with van der Waals surface area (Å²) in [5, 5.41) is 0. The van der Waals surface area contributed by atoms with Gasteiger partial charge in [0.05, 0.1) is 18.4 Å². The Morgan fingerprint density at radius 2 is 1.86 bits per heavy atom. The number of carbonyl (C=O) groups excluding carboxylic acids is 1. The second-order valence-electron chi connectivity index (χ2n) is 4.75. The Balaban J connectivity index is 2.04. The van der Waals surface area contributed by atoms with Crippen molar-refractivity contribution in [3.05, 3.63) is 61.4 Å². The van der Waals surface area contributed by atoms with Crippen LogP contribution in [0.1, 0.15) is 12.0 Å². The van der Waals surface area contributed by atoms with Gasteiger partial charge in [-0.2, -0.15) is 0 Å². The smallest absolute Gasteiger partial charge is 0.307 e. The highest BCUT2D eigenvalue weighted by Gasteiger charge is 2.30. The summed E-state index contributed by atoms with van der Waals surface area (Å²) in [5.74, 6) is 0.579. The average molecular weight is 304 g/mol. The topological polar surface area (TPSA) is 55.4 Å². The monoisotopic (exact) mass is 304 g/mol. The van der Waals surface area contributed by atoms with Crippen molar-refractivity contribution in [2.75, 3.05) is 7.11 Å². The van der Waals surface area contributed by atoms with Gasteiger partial charge in [0.1, 0.15) is 11.0 Å². The molecule has 1 N–H and O–H groups in total. The zero-order valence-corrected chi connectivity index (χ0v) is 12.9. The van der Waals surface area contributed by atoms with E-state index >= 15 is 0 Å². The van der Waals surface area contributed by atoms with Gasteiger partial charge in [-0.25, -0.2) is 8.93 Å². The molecule has 1 aliphatic carbocycles. The van der Waals surface area contributed by atoms with E-state index in [1.807, 2.05) is 56.9 Å². The van der Waals surface area contributed by atoms with Gasteiger partial charge in [0.15, 0.2) is 0 Å². The van der Waals surface area contributed by atoms with Crippen molar-refractivity contribution in [2.24, 2.45) is 0 Å². The quantitative estimate of drug-likeness (QED) is 0.817. The maximum atomic E-state index is 12.4. The Bertz CT molecular complexity index is 495. The van der Waals surface area contributed by atoms with Crippen LogP contribution in [-0.4, -0.2) is 23.3 Å². The van der Waals surface area contributed by atoms with Crippen molar-refractivity contribution < 1.29 is 13.7 Å². The normalized spacial score (nSPS) is 18.4. The third-order valence-corrected chi connectivity index (χ3v) is 4.37. The second-order valence-corrected chi connectivity index (χ2v) is 6.00. The Labute approximate surface area is 128 Å². The molecule has 0 bridgehead atoms. The van der Waals surface area contributed by atoms with Gasteiger partial charge in [0.25, 0.3) is 0 Å². The van der Waals surface area contributed by atoms with E-state index in [-0.39, 0.29) is 18.4 Å². The van der Waals surface area contributed by atoms with Crippen LogP contribution in [0.2, 0.25) is 0 Å². The highest BCUT2D eigenvalue weighted by molar-refractivity contribution is 7.83. The molecule has 1 fully saturated rings. The van der Waals surface area contributed by atoms with Crippen molar-refractivity contribution in [2.45, 2.75) is 24.3 Å². The lowest BCUT2D eigenvalue weighted by Gasteiger charge is -2.22. The third kappa shape index (κ3) is 4.64. The van der Waals surface area contributed by atoms with Crippen LogP contribution in [0.25, 0.3) is 0 Å². The molecule has 21 heavy (non-hydrogen) atoms. The van der Waals surface area contributed by atoms with E-state index in [1.54, 1.807) is 0 Å². The average Bonchev–Trinajstić information content (AvgIpc) is 3.01. The third-order valence-electron chi connectivity index (χ3n) is 3.17. The lowest BCUT2D eigenvalue weighted by atomic mass is 9.96. The minimum Gasteiger partial charge on any atom is -0.469 e. The van der Waals surface area contributed by atoms with E-state index in [0.717, 1.165) is 11.5 Å². The van der Waals surface area contributed by atoms with Crippen LogP contribution >= 0.6 is 0 Å². The molecule has 0 aromatic heterocycles. The number of ether oxygens (including phenoxy) is 1. The number of benzene rings is 1. The van der Waals surface area contributed by atoms with Crippen molar-refractivity contribution >= 4 is 17.0 Å². The highest BCUT2D eigenvalue weighted by atomic mass is 32.2. The molecule has 5 radical (unpaired) electrons. The van der Waals surface area contributed by atoms with E-state index in [0.29, 0.717) is 4.90 Å². The molecule has 111 valence electrons. The van der Waals surface area contributed by atoms with E-state index in [2.05, 4.69) is 4.72 Å². The summed E-state index contributed by atoms with van der Waals surface area (Å²) in [6.45, 7) is 1.98. The van der Waals surface area contributed by atoms with Crippen molar-refractivity contribution in [3.8, 4) is 0 Å². The van der Waals surface area contributed by atoms with Crippen molar-refractivity contribution in [1.82, 2.24) is 4.72 Å². The molecule has 1 aromatic carbocycles. The minimum absolute atomic E-state index is 0.137. The van der Waals surface area contributed by atoms with E-state index in [1.165, 1.54) is 7.11 Å². The standard InChI is InChI=1S/C16H18NO3S/c1-12-7-9-14(10-8-12)21(19)17-15(11-16(18)20-2)13-5-3-4-6-13/h3-10,15,17H,11H2,1-2H3/t15-,21+/m1/s1. The fourth-order valence-corrected chi connectivity index (χ4v) is 2.96. The van der Waals surface area contributed by atoms with Gasteiger partial charge in [0, 0.05) is 12.0 Å². The fourth-order valence-electron chi connectivity index (χ4n) is 1.96. The molecule has 0 saturated heterocycles. The number of aryl methyl sites for hydroxylation is 1. The lowest BCUT2D eigenvalue weighted by molar-refractivity contribution is -0.140. The Hall–Kier alpha value is -1.20. The van der Waals surface area contributed by atoms with Crippen LogP contribution in [-0.2, 0) is 20.5 Å². The molecule has 1 aliphatic rings. The minimum atomic E-state index is -1.38. The number of methoxy groups -OCH3 is 1. The number of hydrogen-bond donors (Lipinski definition) is 1. The van der Waals surface area contributed by atoms with E-state index in [4.69, 9.17) is 4.74 Å². The molecule has 0 amide bonds. The number of nitrogens with one attached hydrogen (secondary N) is 1. The lowest BCUT2D eigenvalue weighted by Crippen LogP contribution is -2.37. The summed E-state index contributed by atoms with van der Waals surface area (Å²) >= 11 is 0. The molecule has 0 spiro atoms. The van der Waals surface area contributed by atoms with Crippen LogP contribution in [0.3, 0.4) is 0 Å². The maximum absolute atomic E-state index is 12.4. The Morgan fingerprint density at radius 3 is 2.43 bits per heavy atom. The Kier molecular flexibility index (Phi) is 5.94. The molecular formula is C16H18NO3S. The van der Waals surface area contributed by atoms with Gasteiger partial charge in [-0.3, -0.25) is 4.79 Å². The van der Waals surface area contributed by atoms with E-state index in [9.17, 15) is 9.00 Å². The summed E-state index contributed by atoms with van der Waals surface area (Å²) in [6.07, 6.45) is 7.70. The second kappa shape index (κ2) is 7.71. The van der Waals surface area contributed by atoms with Gasteiger partial charge in [-0.1, -0.05) is 17.7 Å². The van der Waals surface area contributed by atoms with Gasteiger partial charge in [-0.15, -0.1) is 0 Å². The summed E-state index contributed by atoms with van der Waals surface area (Å²) in [5.41, 5.74) is 1.11. The zero-order valence-electron chi connectivity index (χ0n) is 12.0. The summed E-state index contributed by atoms with van der Waals surface area (Å²) < 4.78 is 20.1. The molecule has 0 unspecified atom stereocenters. The number of carbonyl (C=O) groups is 1. The first-order chi connectivity index (χ1) is 10.1. The zero-order chi connectivity index (χ0) is 15.2. The first-order valence-electron chi connectivity index (χ1n) is 6.63. The SMILES string of the molecule is COC(=O)C[C@@H](N[S@@](=O)c1ccc(C)cc1)[C]1[CH][CH][CH][CH]1. The predicted molar refractivity (Wildman–Crippen MR) is 81.6 cm³/mol. The molecule has 5 heteroatoms. The van der Waals surface area contributed by atoms with Gasteiger partial charge in [0.2, 0.25) is 0 Å². The molecule has 2 rings (SSSR count). The highest BCUT2D eigenvalue weighted by Crippen LogP contribution is 2.28. The molecule has 4 nitrogen and oxygen atoms in total. The van der Waals surface area contributed by atoms with Gasteiger partial charge >= 0.3 is 5.97 Å². The van der Waals surface area contributed by atoms with Crippen molar-refractivity contribution in [1.29, 1.82) is 0 Å². The molecule has 2 atom stereocenters. The predicted octanol–water partition coefficient (Wildman–Crippen LogP) is 1.94. The Morgan fingerprint density at radius 1 is 1.24 bits per heavy atom. The van der Waals surface area contributed by atoms with Crippen LogP contribution in [0.15, 0.2) is 29.2 Å². The van der Waals surface area contributed by atoms with Gasteiger partial charge < -0.3 is 4.74 Å². The molecule has 1 aromatic rings. The molecule has 0 heterocycles. The first kappa shape index (κ1) is 16.2. The largest absolute Gasteiger partial charge is 0.469 e. The molecule has 1 saturated carbocycles. The summed E-state index contributed by atoms with van der Waals surface area (Å²) in [4.78, 5) is 12.2. The van der Waals surface area contributed by atoms with Crippen molar-refractivity contribution in [3.63, 3.8) is 0 Å².